The van der Waals surface area contributed by atoms with Crippen LogP contribution in [0.25, 0.3) is 190 Å². The number of pyridine rings is 8. The van der Waals surface area contributed by atoms with Crippen molar-refractivity contribution in [2.45, 2.75) is 105 Å². The molecule has 18 aromatic rings. The molecule has 0 saturated carbocycles. The van der Waals surface area contributed by atoms with Crippen molar-refractivity contribution in [3.63, 3.8) is 0 Å². The molecule has 0 N–H and O–H groups in total. The smallest absolute Gasteiger partial charge is 0.159 e. The fourth-order valence-corrected chi connectivity index (χ4v) is 16.4. The Bertz CT molecular complexity index is 6150. The highest BCUT2D eigenvalue weighted by Crippen LogP contribution is 2.47. The second kappa shape index (κ2) is 33.3. The minimum absolute atomic E-state index is 0.0572. The summed E-state index contributed by atoms with van der Waals surface area (Å²) in [6, 6.07) is 109. The van der Waals surface area contributed by atoms with E-state index in [-0.39, 0.29) is 21.7 Å². The first-order valence-electron chi connectivity index (χ1n) is 42.5. The van der Waals surface area contributed by atoms with Crippen molar-refractivity contribution in [2.24, 2.45) is 0 Å². The van der Waals surface area contributed by atoms with Crippen molar-refractivity contribution < 1.29 is 0 Å². The molecule has 10 heteroatoms. The second-order valence-corrected chi connectivity index (χ2v) is 36.2. The summed E-state index contributed by atoms with van der Waals surface area (Å²) in [6.45, 7) is 26.2. The van der Waals surface area contributed by atoms with Gasteiger partial charge in [-0.2, -0.15) is 0 Å². The Labute approximate surface area is 727 Å². The van der Waals surface area contributed by atoms with Crippen molar-refractivity contribution in [3.05, 3.63) is 388 Å². The van der Waals surface area contributed by atoms with E-state index in [9.17, 15) is 0 Å². The molecule has 0 unspecified atom stereocenters. The summed E-state index contributed by atoms with van der Waals surface area (Å²) in [5.74, 6) is 0.622. The van der Waals surface area contributed by atoms with Gasteiger partial charge in [0.1, 0.15) is 0 Å². The molecule has 0 radical (unpaired) electrons. The summed E-state index contributed by atoms with van der Waals surface area (Å²) < 4.78 is 0. The quantitative estimate of drug-likeness (QED) is 0.0869. The number of rotatable bonds is 17. The summed E-state index contributed by atoms with van der Waals surface area (Å²) in [6.07, 6.45) is 19.6. The van der Waals surface area contributed by atoms with Gasteiger partial charge in [0.05, 0.1) is 22.8 Å². The molecule has 10 nitrogen and oxygen atoms in total. The van der Waals surface area contributed by atoms with Crippen LogP contribution < -0.4 is 0 Å². The molecule has 9 heterocycles. The molecule has 0 fully saturated rings. The Balaban J connectivity index is 0.683. The van der Waals surface area contributed by atoms with Crippen LogP contribution in [0.3, 0.4) is 0 Å². The van der Waals surface area contributed by atoms with Crippen LogP contribution in [0.15, 0.2) is 365 Å². The molecule has 0 atom stereocenters. The van der Waals surface area contributed by atoms with Gasteiger partial charge in [-0.15, -0.1) is 0 Å². The van der Waals surface area contributed by atoms with Gasteiger partial charge in [-0.05, 0) is 215 Å². The first-order valence-corrected chi connectivity index (χ1v) is 42.5. The average Bonchev–Trinajstić information content (AvgIpc) is 0.767. The lowest BCUT2D eigenvalue weighted by Gasteiger charge is -2.18. The highest BCUT2D eigenvalue weighted by Gasteiger charge is 2.25. The molecule has 124 heavy (non-hydrogen) atoms. The van der Waals surface area contributed by atoms with Crippen LogP contribution in [-0.2, 0) is 21.7 Å². The molecule has 602 valence electrons. The molecule has 0 aliphatic carbocycles. The number of benzene rings is 9. The summed E-state index contributed by atoms with van der Waals surface area (Å²) in [4.78, 5) is 49.9. The molecule has 18 rings (SSSR count). The van der Waals surface area contributed by atoms with Crippen molar-refractivity contribution in [1.82, 2.24) is 49.8 Å². The molecule has 0 bridgehead atoms. The first kappa shape index (κ1) is 80.3. The molecule has 0 saturated heterocycles. The Kier molecular flexibility index (Phi) is 21.6. The first-order chi connectivity index (χ1) is 59.9. The van der Waals surface area contributed by atoms with E-state index in [1.165, 1.54) is 0 Å². The molecule has 0 amide bonds. The monoisotopic (exact) mass is 1600 g/mol. The van der Waals surface area contributed by atoms with E-state index >= 15 is 0 Å². The van der Waals surface area contributed by atoms with E-state index < -0.39 is 0 Å². The maximum atomic E-state index is 5.17. The lowest BCUT2D eigenvalue weighted by molar-refractivity contribution is 0.569. The zero-order valence-electron chi connectivity index (χ0n) is 72.1. The Morgan fingerprint density at radius 3 is 0.500 bits per heavy atom. The predicted molar refractivity (Wildman–Crippen MR) is 512 cm³/mol. The predicted octanol–water partition coefficient (Wildman–Crippen LogP) is 29.2. The van der Waals surface area contributed by atoms with Gasteiger partial charge in [-0.25, -0.2) is 9.97 Å². The highest BCUT2D eigenvalue weighted by molar-refractivity contribution is 5.97. The van der Waals surface area contributed by atoms with Gasteiger partial charge < -0.3 is 0 Å². The minimum Gasteiger partial charge on any atom is -0.260 e. The molecular weight excluding hydrogens is 1510 g/mol. The zero-order valence-corrected chi connectivity index (χ0v) is 72.1. The third-order valence-electron chi connectivity index (χ3n) is 23.3. The van der Waals surface area contributed by atoms with Gasteiger partial charge in [0, 0.05) is 162 Å². The lowest BCUT2D eigenvalue weighted by Crippen LogP contribution is -2.12. The average molecular weight is 1610 g/mol. The van der Waals surface area contributed by atoms with E-state index in [2.05, 4.69) is 386 Å². The lowest BCUT2D eigenvalue weighted by atomic mass is 9.86. The molecular formula is C114H96N10. The van der Waals surface area contributed by atoms with Gasteiger partial charge >= 0.3 is 0 Å². The molecule has 0 aliphatic heterocycles. The zero-order chi connectivity index (χ0) is 85.4. The van der Waals surface area contributed by atoms with Crippen LogP contribution in [0.4, 0.5) is 0 Å². The van der Waals surface area contributed by atoms with Gasteiger partial charge in [0.2, 0.25) is 0 Å². The van der Waals surface area contributed by atoms with Crippen molar-refractivity contribution >= 4 is 0 Å². The van der Waals surface area contributed by atoms with Crippen LogP contribution in [0.5, 0.6) is 0 Å². The number of hydrogen-bond acceptors (Lipinski definition) is 10. The number of hydrogen-bond donors (Lipinski definition) is 0. The van der Waals surface area contributed by atoms with Crippen molar-refractivity contribution in [1.29, 1.82) is 0 Å². The Hall–Kier alpha value is -14.7. The maximum absolute atomic E-state index is 5.17. The third-order valence-corrected chi connectivity index (χ3v) is 23.3. The van der Waals surface area contributed by atoms with E-state index in [1.807, 2.05) is 62.0 Å². The topological polar surface area (TPSA) is 129 Å². The van der Waals surface area contributed by atoms with Gasteiger partial charge in [-0.3, -0.25) is 39.9 Å². The summed E-state index contributed by atoms with van der Waals surface area (Å²) in [5, 5.41) is 0. The standard InChI is InChI=1S/C114H96N10/c1-111(2,3)106-53-45-79(67-119-106)102-49-41-75(63-115-102)91-26-14-19-31-96(91)84-57-83(58-85(59-84)97-32-20-15-27-92(97)76-42-50-103(116-64-76)80-46-54-107(120-68-80)112(4,5)6)95-30-18-13-25-90(95)73-37-39-74(40-38-73)110-123-71-89(72-124-110)101-36-24-23-35-100(101)88-61-86(98-33-21-16-28-93(98)77-43-51-104(117-65-77)81-47-55-108(121-69-81)113(7,8)9)60-87(62-88)99-34-22-17-29-94(99)78-44-52-105(118-66-78)82-48-56-109(122-70-82)114(10,11)12/h13-72H,1-12H3. The van der Waals surface area contributed by atoms with Gasteiger partial charge in [0.15, 0.2) is 5.82 Å². The fourth-order valence-electron chi connectivity index (χ4n) is 16.4. The SMILES string of the molecule is CC(C)(C)c1ccc(-c2ccc(-c3ccccc3-c3cc(-c4ccccc4-c4ccc(-c5ncc(-c6ccccc6-c6cc(-c7ccccc7-c7ccc(-c8ccc(C(C)(C)C)nc8)nc7)cc(-c7ccccc7-c7ccc(-c8ccc(C(C)(C)C)nc8)nc7)c6)cn5)cc4)cc(-c4ccccc4-c4ccc(-c5ccc(C(C)(C)C)nc5)nc4)c3)cn2)cn1. The molecule has 0 aliphatic rings. The van der Waals surface area contributed by atoms with Gasteiger partial charge in [0.25, 0.3) is 0 Å². The number of aromatic nitrogens is 10. The summed E-state index contributed by atoms with van der Waals surface area (Å²) >= 11 is 0. The van der Waals surface area contributed by atoms with Crippen LogP contribution in [0, 0.1) is 0 Å². The van der Waals surface area contributed by atoms with E-state index in [1.54, 1.807) is 0 Å². The summed E-state index contributed by atoms with van der Waals surface area (Å²) in [7, 11) is 0. The number of nitrogens with zero attached hydrogens (tertiary/aromatic N) is 10. The minimum atomic E-state index is -0.0586. The van der Waals surface area contributed by atoms with E-state index in [4.69, 9.17) is 49.8 Å². The Morgan fingerprint density at radius 2 is 0.306 bits per heavy atom. The van der Waals surface area contributed by atoms with Crippen molar-refractivity contribution in [3.8, 4) is 190 Å². The van der Waals surface area contributed by atoms with E-state index in [0.717, 1.165) is 207 Å². The molecule has 9 aromatic heterocycles. The largest absolute Gasteiger partial charge is 0.260 e. The Morgan fingerprint density at radius 1 is 0.137 bits per heavy atom. The van der Waals surface area contributed by atoms with E-state index in [0.29, 0.717) is 5.82 Å². The maximum Gasteiger partial charge on any atom is 0.159 e. The van der Waals surface area contributed by atoms with Gasteiger partial charge in [-0.1, -0.05) is 277 Å². The molecule has 9 aromatic carbocycles. The summed E-state index contributed by atoms with van der Waals surface area (Å²) in [5.41, 5.74) is 37.4. The van der Waals surface area contributed by atoms with Crippen LogP contribution in [-0.4, -0.2) is 49.8 Å². The third kappa shape index (κ3) is 17.0. The highest BCUT2D eigenvalue weighted by atomic mass is 14.9. The fraction of sp³-hybridized carbons (Fsp3) is 0.140. The normalized spacial score (nSPS) is 11.9. The van der Waals surface area contributed by atoms with Crippen LogP contribution in [0.2, 0.25) is 0 Å². The van der Waals surface area contributed by atoms with Crippen molar-refractivity contribution in [2.75, 3.05) is 0 Å². The second-order valence-electron chi connectivity index (χ2n) is 36.2. The van der Waals surface area contributed by atoms with Crippen LogP contribution in [0.1, 0.15) is 106 Å². The molecule has 0 spiro atoms. The van der Waals surface area contributed by atoms with Crippen LogP contribution >= 0.6 is 0 Å².